The highest BCUT2D eigenvalue weighted by molar-refractivity contribution is 6.74. The first-order valence-corrected chi connectivity index (χ1v) is 14.5. The molecule has 5 heteroatoms. The zero-order chi connectivity index (χ0) is 23.5. The summed E-state index contributed by atoms with van der Waals surface area (Å²) in [7, 11) is -2.10. The van der Waals surface area contributed by atoms with E-state index in [2.05, 4.69) is 98.5 Å². The zero-order valence-electron chi connectivity index (χ0n) is 21.2. The standard InChI is InChI=1S/C26H43BO3Si/c1-11-21(22-16-13-12-14-17-22)20-23(27-29-25(5,6)26(7,8)30-27)18-15-19-28-31(9,10)24(2,3)4/h11-14,16-18,21H,1,15,19-20H2,2-10H3/b23-18+/t21-/m0/s1. The van der Waals surface area contributed by atoms with Crippen LogP contribution in [0, 0.1) is 0 Å². The van der Waals surface area contributed by atoms with Gasteiger partial charge >= 0.3 is 7.12 Å². The molecular weight excluding hydrogens is 399 g/mol. The molecule has 1 heterocycles. The van der Waals surface area contributed by atoms with Gasteiger partial charge in [0.05, 0.1) is 11.2 Å². The Morgan fingerprint density at radius 3 is 2.13 bits per heavy atom. The fourth-order valence-corrected chi connectivity index (χ4v) is 4.40. The summed E-state index contributed by atoms with van der Waals surface area (Å²) in [4.78, 5) is 0. The van der Waals surface area contributed by atoms with Crippen LogP contribution < -0.4 is 0 Å². The minimum Gasteiger partial charge on any atom is -0.417 e. The number of hydrogen-bond acceptors (Lipinski definition) is 3. The van der Waals surface area contributed by atoms with Crippen LogP contribution in [-0.2, 0) is 13.7 Å². The lowest BCUT2D eigenvalue weighted by Gasteiger charge is -2.36. The molecule has 0 spiro atoms. The van der Waals surface area contributed by atoms with Gasteiger partial charge in [0.2, 0.25) is 0 Å². The summed E-state index contributed by atoms with van der Waals surface area (Å²) in [5, 5.41) is 0.215. The van der Waals surface area contributed by atoms with E-state index in [0.29, 0.717) is 0 Å². The highest BCUT2D eigenvalue weighted by Crippen LogP contribution is 2.41. The van der Waals surface area contributed by atoms with E-state index in [0.717, 1.165) is 19.4 Å². The molecule has 0 saturated carbocycles. The Morgan fingerprint density at radius 2 is 1.65 bits per heavy atom. The molecule has 3 nitrogen and oxygen atoms in total. The van der Waals surface area contributed by atoms with Gasteiger partial charge in [0, 0.05) is 12.5 Å². The van der Waals surface area contributed by atoms with Gasteiger partial charge in [-0.25, -0.2) is 0 Å². The summed E-state index contributed by atoms with van der Waals surface area (Å²) < 4.78 is 19.2. The average molecular weight is 443 g/mol. The summed E-state index contributed by atoms with van der Waals surface area (Å²) >= 11 is 0. The minimum atomic E-state index is -1.75. The van der Waals surface area contributed by atoms with Gasteiger partial charge in [0.25, 0.3) is 0 Å². The van der Waals surface area contributed by atoms with Crippen molar-refractivity contribution in [3.63, 3.8) is 0 Å². The van der Waals surface area contributed by atoms with Crippen molar-refractivity contribution in [1.29, 1.82) is 0 Å². The van der Waals surface area contributed by atoms with E-state index in [9.17, 15) is 0 Å². The molecular formula is C26H43BO3Si. The Balaban J connectivity index is 2.20. The summed E-state index contributed by atoms with van der Waals surface area (Å²) in [6, 6.07) is 10.5. The van der Waals surface area contributed by atoms with Crippen molar-refractivity contribution in [2.24, 2.45) is 0 Å². The second-order valence-corrected chi connectivity index (χ2v) is 16.0. The lowest BCUT2D eigenvalue weighted by molar-refractivity contribution is 0.00578. The molecule has 31 heavy (non-hydrogen) atoms. The van der Waals surface area contributed by atoms with E-state index >= 15 is 0 Å². The number of benzene rings is 1. The van der Waals surface area contributed by atoms with Gasteiger partial charge in [-0.05, 0) is 69.7 Å². The molecule has 1 fully saturated rings. The van der Waals surface area contributed by atoms with E-state index in [1.54, 1.807) is 0 Å². The molecule has 1 aliphatic rings. The van der Waals surface area contributed by atoms with Gasteiger partial charge in [-0.2, -0.15) is 0 Å². The van der Waals surface area contributed by atoms with Crippen molar-refractivity contribution >= 4 is 15.4 Å². The maximum Gasteiger partial charge on any atom is 0.490 e. The average Bonchev–Trinajstić information content (AvgIpc) is 2.88. The second kappa shape index (κ2) is 9.78. The molecule has 0 aromatic heterocycles. The quantitative estimate of drug-likeness (QED) is 0.228. The van der Waals surface area contributed by atoms with Gasteiger partial charge < -0.3 is 13.7 Å². The maximum absolute atomic E-state index is 6.40. The van der Waals surface area contributed by atoms with Crippen LogP contribution in [0.4, 0.5) is 0 Å². The first-order valence-electron chi connectivity index (χ1n) is 11.6. The summed E-state index contributed by atoms with van der Waals surface area (Å²) in [6.45, 7) is 24.7. The van der Waals surface area contributed by atoms with Crippen LogP contribution >= 0.6 is 0 Å². The summed E-state index contributed by atoms with van der Waals surface area (Å²) in [5.74, 6) is 0.216. The first-order chi connectivity index (χ1) is 14.2. The Kier molecular flexibility index (Phi) is 8.24. The normalized spacial score (nSPS) is 20.0. The maximum atomic E-state index is 6.40. The predicted octanol–water partition coefficient (Wildman–Crippen LogP) is 7.32. The van der Waals surface area contributed by atoms with Gasteiger partial charge in [0.15, 0.2) is 8.32 Å². The highest BCUT2D eigenvalue weighted by atomic mass is 28.4. The largest absolute Gasteiger partial charge is 0.490 e. The van der Waals surface area contributed by atoms with E-state index in [1.807, 2.05) is 12.1 Å². The topological polar surface area (TPSA) is 27.7 Å². The molecule has 1 saturated heterocycles. The van der Waals surface area contributed by atoms with Gasteiger partial charge in [-0.1, -0.05) is 63.3 Å². The van der Waals surface area contributed by atoms with Crippen LogP contribution in [-0.4, -0.2) is 33.2 Å². The second-order valence-electron chi connectivity index (χ2n) is 11.2. The molecule has 1 aromatic rings. The molecule has 0 bridgehead atoms. The Hall–Kier alpha value is -1.14. The van der Waals surface area contributed by atoms with E-state index in [1.165, 1.54) is 11.0 Å². The zero-order valence-corrected chi connectivity index (χ0v) is 22.2. The fraction of sp³-hybridized carbons (Fsp3) is 0.615. The van der Waals surface area contributed by atoms with Crippen LogP contribution in [0.3, 0.4) is 0 Å². The Bertz CT molecular complexity index is 747. The molecule has 1 atom stereocenters. The molecule has 0 radical (unpaired) electrons. The smallest absolute Gasteiger partial charge is 0.417 e. The Morgan fingerprint density at radius 1 is 1.10 bits per heavy atom. The minimum absolute atomic E-state index is 0.215. The molecule has 2 rings (SSSR count). The third-order valence-electron chi connectivity index (χ3n) is 7.32. The first kappa shape index (κ1) is 26.1. The highest BCUT2D eigenvalue weighted by Gasteiger charge is 2.52. The molecule has 172 valence electrons. The molecule has 0 N–H and O–H groups in total. The van der Waals surface area contributed by atoms with E-state index < -0.39 is 8.32 Å². The third kappa shape index (κ3) is 6.44. The number of allylic oxidation sites excluding steroid dienone is 2. The SMILES string of the molecule is C=C[C@@H](C/C(=C\CCO[Si](C)(C)C(C)(C)C)B1OC(C)(C)C(C)(C)O1)c1ccccc1. The molecule has 0 amide bonds. The number of hydrogen-bond donors (Lipinski definition) is 0. The van der Waals surface area contributed by atoms with Crippen LogP contribution in [0.5, 0.6) is 0 Å². The van der Waals surface area contributed by atoms with Gasteiger partial charge in [0.1, 0.15) is 0 Å². The molecule has 1 aliphatic heterocycles. The van der Waals surface area contributed by atoms with Crippen molar-refractivity contribution in [2.75, 3.05) is 6.61 Å². The van der Waals surface area contributed by atoms with Crippen LogP contribution in [0.25, 0.3) is 0 Å². The van der Waals surface area contributed by atoms with Crippen molar-refractivity contribution in [2.45, 2.75) is 96.6 Å². The van der Waals surface area contributed by atoms with Crippen molar-refractivity contribution in [3.05, 3.63) is 60.1 Å². The third-order valence-corrected chi connectivity index (χ3v) is 11.9. The number of rotatable bonds is 9. The van der Waals surface area contributed by atoms with Crippen molar-refractivity contribution in [3.8, 4) is 0 Å². The van der Waals surface area contributed by atoms with Crippen molar-refractivity contribution in [1.82, 2.24) is 0 Å². The fourth-order valence-electron chi connectivity index (χ4n) is 3.34. The van der Waals surface area contributed by atoms with E-state index in [4.69, 9.17) is 13.7 Å². The predicted molar refractivity (Wildman–Crippen MR) is 136 cm³/mol. The van der Waals surface area contributed by atoms with Crippen LogP contribution in [0.2, 0.25) is 18.1 Å². The summed E-state index contributed by atoms with van der Waals surface area (Å²) in [6.07, 6.45) is 5.98. The van der Waals surface area contributed by atoms with Crippen LogP contribution in [0.1, 0.15) is 72.8 Å². The monoisotopic (exact) mass is 442 g/mol. The van der Waals surface area contributed by atoms with Crippen molar-refractivity contribution < 1.29 is 13.7 Å². The van der Waals surface area contributed by atoms with Gasteiger partial charge in [-0.15, -0.1) is 6.58 Å². The van der Waals surface area contributed by atoms with E-state index in [-0.39, 0.29) is 29.3 Å². The molecule has 1 aromatic carbocycles. The summed E-state index contributed by atoms with van der Waals surface area (Å²) in [5.41, 5.74) is 1.72. The molecule has 0 unspecified atom stereocenters. The Labute approximate surface area is 192 Å². The lowest BCUT2D eigenvalue weighted by atomic mass is 9.72. The lowest BCUT2D eigenvalue weighted by Crippen LogP contribution is -2.41. The van der Waals surface area contributed by atoms with Crippen LogP contribution in [0.15, 0.2) is 54.5 Å². The van der Waals surface area contributed by atoms with Gasteiger partial charge in [-0.3, -0.25) is 0 Å². The molecule has 0 aliphatic carbocycles.